The summed E-state index contributed by atoms with van der Waals surface area (Å²) in [6.45, 7) is 2.51. The molecule has 19 heavy (non-hydrogen) atoms. The summed E-state index contributed by atoms with van der Waals surface area (Å²) in [6, 6.07) is 7.35. The molecule has 1 aromatic rings. The van der Waals surface area contributed by atoms with Crippen LogP contribution in [0.15, 0.2) is 24.3 Å². The quantitative estimate of drug-likeness (QED) is 0.860. The Morgan fingerprint density at radius 3 is 3.05 bits per heavy atom. The SMILES string of the molecule is O=C1O[C@@]2(CCCNCC2)CN1c1cccc(Cl)c1. The van der Waals surface area contributed by atoms with Gasteiger partial charge >= 0.3 is 6.09 Å². The molecule has 0 saturated carbocycles. The molecular formula is C14H17ClN2O2. The van der Waals surface area contributed by atoms with Gasteiger partial charge in [0.25, 0.3) is 0 Å². The maximum absolute atomic E-state index is 12.1. The van der Waals surface area contributed by atoms with Crippen molar-refractivity contribution in [2.75, 3.05) is 24.5 Å². The number of anilines is 1. The van der Waals surface area contributed by atoms with Gasteiger partial charge < -0.3 is 10.1 Å². The molecule has 1 spiro atoms. The topological polar surface area (TPSA) is 41.6 Å². The molecule has 1 aromatic carbocycles. The van der Waals surface area contributed by atoms with E-state index in [0.29, 0.717) is 11.6 Å². The third kappa shape index (κ3) is 2.55. The first-order chi connectivity index (χ1) is 9.19. The summed E-state index contributed by atoms with van der Waals surface area (Å²) in [6.07, 6.45) is 2.57. The number of amides is 1. The molecule has 1 amide bonds. The zero-order valence-electron chi connectivity index (χ0n) is 10.7. The van der Waals surface area contributed by atoms with Crippen molar-refractivity contribution < 1.29 is 9.53 Å². The van der Waals surface area contributed by atoms with E-state index < -0.39 is 0 Å². The lowest BCUT2D eigenvalue weighted by Crippen LogP contribution is -2.35. The van der Waals surface area contributed by atoms with Crippen molar-refractivity contribution in [3.8, 4) is 0 Å². The smallest absolute Gasteiger partial charge is 0.415 e. The normalized spacial score (nSPS) is 27.4. The molecule has 3 rings (SSSR count). The number of hydrogen-bond acceptors (Lipinski definition) is 3. The standard InChI is InChI=1S/C14H17ClN2O2/c15-11-3-1-4-12(9-11)17-10-14(19-13(17)18)5-2-7-16-8-6-14/h1,3-4,9,16H,2,5-8,10H2/t14-/m1/s1. The Hall–Kier alpha value is -1.26. The first-order valence-electron chi connectivity index (χ1n) is 6.65. The summed E-state index contributed by atoms with van der Waals surface area (Å²) in [5.41, 5.74) is 0.481. The molecule has 0 aromatic heterocycles. The Balaban J connectivity index is 1.83. The van der Waals surface area contributed by atoms with E-state index in [4.69, 9.17) is 16.3 Å². The number of rotatable bonds is 1. The van der Waals surface area contributed by atoms with Crippen LogP contribution in [0, 0.1) is 0 Å². The fraction of sp³-hybridized carbons (Fsp3) is 0.500. The van der Waals surface area contributed by atoms with Gasteiger partial charge in [-0.3, -0.25) is 4.90 Å². The summed E-state index contributed by atoms with van der Waals surface area (Å²) in [7, 11) is 0. The van der Waals surface area contributed by atoms with Crippen LogP contribution in [0.3, 0.4) is 0 Å². The van der Waals surface area contributed by atoms with Gasteiger partial charge in [0.2, 0.25) is 0 Å². The summed E-state index contributed by atoms with van der Waals surface area (Å²) in [4.78, 5) is 13.8. The molecule has 2 heterocycles. The van der Waals surface area contributed by atoms with Gasteiger partial charge in [0, 0.05) is 17.1 Å². The highest BCUT2D eigenvalue weighted by atomic mass is 35.5. The summed E-state index contributed by atoms with van der Waals surface area (Å²) >= 11 is 5.99. The monoisotopic (exact) mass is 280 g/mol. The third-order valence-electron chi connectivity index (χ3n) is 3.83. The second-order valence-corrected chi connectivity index (χ2v) is 5.66. The molecule has 2 fully saturated rings. The van der Waals surface area contributed by atoms with Crippen molar-refractivity contribution in [3.63, 3.8) is 0 Å². The van der Waals surface area contributed by atoms with Crippen LogP contribution in [-0.4, -0.2) is 31.3 Å². The number of carbonyl (C=O) groups excluding carboxylic acids is 1. The van der Waals surface area contributed by atoms with Crippen molar-refractivity contribution in [2.45, 2.75) is 24.9 Å². The van der Waals surface area contributed by atoms with E-state index in [2.05, 4.69) is 5.32 Å². The second kappa shape index (κ2) is 5.02. The van der Waals surface area contributed by atoms with Crippen LogP contribution in [0.2, 0.25) is 5.02 Å². The molecule has 2 saturated heterocycles. The van der Waals surface area contributed by atoms with Crippen LogP contribution in [0.1, 0.15) is 19.3 Å². The molecule has 2 aliphatic heterocycles. The average molecular weight is 281 g/mol. The molecule has 0 unspecified atom stereocenters. The maximum atomic E-state index is 12.1. The van der Waals surface area contributed by atoms with E-state index in [0.717, 1.165) is 38.0 Å². The molecule has 1 N–H and O–H groups in total. The van der Waals surface area contributed by atoms with Crippen LogP contribution in [-0.2, 0) is 4.74 Å². The van der Waals surface area contributed by atoms with Crippen molar-refractivity contribution >= 4 is 23.4 Å². The van der Waals surface area contributed by atoms with Gasteiger partial charge in [-0.25, -0.2) is 4.79 Å². The van der Waals surface area contributed by atoms with E-state index in [-0.39, 0.29) is 11.7 Å². The van der Waals surface area contributed by atoms with Crippen LogP contribution in [0.5, 0.6) is 0 Å². The Labute approximate surface area is 117 Å². The molecule has 5 heteroatoms. The van der Waals surface area contributed by atoms with Gasteiger partial charge in [-0.1, -0.05) is 17.7 Å². The minimum atomic E-state index is -0.330. The molecule has 4 nitrogen and oxygen atoms in total. The lowest BCUT2D eigenvalue weighted by atomic mass is 9.95. The number of carbonyl (C=O) groups is 1. The van der Waals surface area contributed by atoms with Crippen molar-refractivity contribution in [1.29, 1.82) is 0 Å². The summed E-state index contributed by atoms with van der Waals surface area (Å²) in [5.74, 6) is 0. The first kappa shape index (κ1) is 12.8. The Bertz CT molecular complexity index is 484. The number of ether oxygens (including phenoxy) is 1. The molecule has 102 valence electrons. The molecule has 2 aliphatic rings. The van der Waals surface area contributed by atoms with E-state index in [1.54, 1.807) is 17.0 Å². The van der Waals surface area contributed by atoms with Gasteiger partial charge in [-0.05, 0) is 44.1 Å². The average Bonchev–Trinajstić information content (AvgIpc) is 2.57. The first-order valence-corrected chi connectivity index (χ1v) is 7.03. The molecule has 1 atom stereocenters. The van der Waals surface area contributed by atoms with Crippen LogP contribution in [0.25, 0.3) is 0 Å². The molecule has 0 radical (unpaired) electrons. The van der Waals surface area contributed by atoms with Crippen molar-refractivity contribution in [2.24, 2.45) is 0 Å². The van der Waals surface area contributed by atoms with Crippen LogP contribution >= 0.6 is 11.6 Å². The van der Waals surface area contributed by atoms with Crippen LogP contribution in [0.4, 0.5) is 10.5 Å². The van der Waals surface area contributed by atoms with E-state index in [1.165, 1.54) is 0 Å². The highest BCUT2D eigenvalue weighted by Crippen LogP contribution is 2.35. The highest BCUT2D eigenvalue weighted by molar-refractivity contribution is 6.30. The third-order valence-corrected chi connectivity index (χ3v) is 4.07. The number of benzene rings is 1. The van der Waals surface area contributed by atoms with Gasteiger partial charge in [0.05, 0.1) is 6.54 Å². The van der Waals surface area contributed by atoms with E-state index >= 15 is 0 Å². The van der Waals surface area contributed by atoms with Crippen molar-refractivity contribution in [3.05, 3.63) is 29.3 Å². The lowest BCUT2D eigenvalue weighted by Gasteiger charge is -2.24. The summed E-state index contributed by atoms with van der Waals surface area (Å²) < 4.78 is 5.68. The largest absolute Gasteiger partial charge is 0.441 e. The van der Waals surface area contributed by atoms with E-state index in [1.807, 2.05) is 12.1 Å². The zero-order chi connectivity index (χ0) is 13.3. The Kier molecular flexibility index (Phi) is 3.37. The minimum Gasteiger partial charge on any atom is -0.441 e. The van der Waals surface area contributed by atoms with Gasteiger partial charge in [0.15, 0.2) is 0 Å². The predicted octanol–water partition coefficient (Wildman–Crippen LogP) is 2.81. The molecule has 0 aliphatic carbocycles. The summed E-state index contributed by atoms with van der Waals surface area (Å²) in [5, 5.41) is 3.98. The minimum absolute atomic E-state index is 0.260. The van der Waals surface area contributed by atoms with Crippen molar-refractivity contribution in [1.82, 2.24) is 5.32 Å². The highest BCUT2D eigenvalue weighted by Gasteiger charge is 2.45. The number of nitrogens with one attached hydrogen (secondary N) is 1. The molecule has 0 bridgehead atoms. The number of nitrogens with zero attached hydrogens (tertiary/aromatic N) is 1. The predicted molar refractivity (Wildman–Crippen MR) is 74.7 cm³/mol. The van der Waals surface area contributed by atoms with Gasteiger partial charge in [-0.15, -0.1) is 0 Å². The Morgan fingerprint density at radius 2 is 2.21 bits per heavy atom. The van der Waals surface area contributed by atoms with Crippen LogP contribution < -0.4 is 10.2 Å². The van der Waals surface area contributed by atoms with Gasteiger partial charge in [0.1, 0.15) is 5.60 Å². The number of hydrogen-bond donors (Lipinski definition) is 1. The van der Waals surface area contributed by atoms with Gasteiger partial charge in [-0.2, -0.15) is 0 Å². The van der Waals surface area contributed by atoms with E-state index in [9.17, 15) is 4.79 Å². The Morgan fingerprint density at radius 1 is 1.32 bits per heavy atom. The second-order valence-electron chi connectivity index (χ2n) is 5.22. The lowest BCUT2D eigenvalue weighted by molar-refractivity contribution is 0.0470. The number of halogens is 1. The molecular weight excluding hydrogens is 264 g/mol. The maximum Gasteiger partial charge on any atom is 0.415 e. The fourth-order valence-corrected chi connectivity index (χ4v) is 3.01. The fourth-order valence-electron chi connectivity index (χ4n) is 2.83. The zero-order valence-corrected chi connectivity index (χ0v) is 11.4.